The van der Waals surface area contributed by atoms with Gasteiger partial charge < -0.3 is 9.47 Å². The number of rotatable bonds is 5. The van der Waals surface area contributed by atoms with Crippen LogP contribution in [0.25, 0.3) is 0 Å². The van der Waals surface area contributed by atoms with Gasteiger partial charge in [-0.3, -0.25) is 0 Å². The molecule has 0 radical (unpaired) electrons. The van der Waals surface area contributed by atoms with Gasteiger partial charge in [0.25, 0.3) is 0 Å². The second-order valence-electron chi connectivity index (χ2n) is 4.51. The molecular weight excluding hydrogens is 301 g/mol. The maximum absolute atomic E-state index is 6.15. The van der Waals surface area contributed by atoms with Crippen molar-refractivity contribution in [2.45, 2.75) is 19.4 Å². The molecule has 0 N–H and O–H groups in total. The molecule has 0 spiro atoms. The normalized spacial score (nSPS) is 12.9. The van der Waals surface area contributed by atoms with Gasteiger partial charge in [0.2, 0.25) is 6.79 Å². The number of fused-ring (bicyclic) bond motifs is 1. The molecular formula is C13H13Cl2N3O2. The Morgan fingerprint density at radius 1 is 1.30 bits per heavy atom. The number of nitrogens with zero attached hydrogens (tertiary/aromatic N) is 3. The Labute approximate surface area is 126 Å². The maximum atomic E-state index is 6.15. The zero-order chi connectivity index (χ0) is 13.9. The highest BCUT2D eigenvalue weighted by Crippen LogP contribution is 2.39. The van der Waals surface area contributed by atoms with Crippen LogP contribution in [0.4, 0.5) is 0 Å². The zero-order valence-electron chi connectivity index (χ0n) is 10.7. The molecule has 0 unspecified atom stereocenters. The van der Waals surface area contributed by atoms with Crippen LogP contribution in [0, 0.1) is 0 Å². The van der Waals surface area contributed by atoms with Crippen LogP contribution in [0.3, 0.4) is 0 Å². The minimum atomic E-state index is 0.213. The summed E-state index contributed by atoms with van der Waals surface area (Å²) in [5.41, 5.74) is 1.94. The first-order chi connectivity index (χ1) is 9.76. The lowest BCUT2D eigenvalue weighted by atomic mass is 10.2. The SMILES string of the molecule is ClCCCc1cn(Cc2cc(Cl)c3c(c2)OCO3)nn1. The van der Waals surface area contributed by atoms with Crippen molar-refractivity contribution >= 4 is 23.2 Å². The largest absolute Gasteiger partial charge is 0.454 e. The standard InChI is InChI=1S/C13H13Cl2N3O2/c14-3-1-2-10-7-18(17-16-10)6-9-4-11(15)13-12(5-9)19-8-20-13/h4-5,7H,1-3,6,8H2. The molecule has 0 amide bonds. The fraction of sp³-hybridized carbons (Fsp3) is 0.385. The van der Waals surface area contributed by atoms with Crippen molar-refractivity contribution < 1.29 is 9.47 Å². The summed E-state index contributed by atoms with van der Waals surface area (Å²) >= 11 is 11.8. The summed E-state index contributed by atoms with van der Waals surface area (Å²) in [5.74, 6) is 1.91. The number of hydrogen-bond acceptors (Lipinski definition) is 4. The van der Waals surface area contributed by atoms with Gasteiger partial charge in [0.15, 0.2) is 11.5 Å². The van der Waals surface area contributed by atoms with Gasteiger partial charge >= 0.3 is 0 Å². The van der Waals surface area contributed by atoms with Crippen LogP contribution in [-0.4, -0.2) is 27.7 Å². The number of ether oxygens (including phenoxy) is 2. The predicted octanol–water partition coefficient (Wildman–Crippen LogP) is 2.88. The summed E-state index contributed by atoms with van der Waals surface area (Å²) in [7, 11) is 0. The Kier molecular flexibility index (Phi) is 3.98. The first-order valence-corrected chi connectivity index (χ1v) is 7.20. The quantitative estimate of drug-likeness (QED) is 0.796. The van der Waals surface area contributed by atoms with Crippen molar-refractivity contribution in [3.8, 4) is 11.5 Å². The lowest BCUT2D eigenvalue weighted by Crippen LogP contribution is -2.00. The van der Waals surface area contributed by atoms with Crippen LogP contribution in [0.1, 0.15) is 17.7 Å². The van der Waals surface area contributed by atoms with Crippen molar-refractivity contribution in [2.75, 3.05) is 12.7 Å². The molecule has 1 aliphatic heterocycles. The molecule has 3 rings (SSSR count). The van der Waals surface area contributed by atoms with E-state index in [2.05, 4.69) is 10.3 Å². The molecule has 0 fully saturated rings. The van der Waals surface area contributed by atoms with Gasteiger partial charge in [0, 0.05) is 12.1 Å². The first-order valence-electron chi connectivity index (χ1n) is 6.29. The van der Waals surface area contributed by atoms with Gasteiger partial charge in [-0.2, -0.15) is 0 Å². The molecule has 20 heavy (non-hydrogen) atoms. The molecule has 2 aromatic rings. The van der Waals surface area contributed by atoms with Crippen molar-refractivity contribution in [3.05, 3.63) is 34.6 Å². The molecule has 0 aliphatic carbocycles. The summed E-state index contributed by atoms with van der Waals surface area (Å²) < 4.78 is 12.4. The van der Waals surface area contributed by atoms with E-state index < -0.39 is 0 Å². The molecule has 2 heterocycles. The predicted molar refractivity (Wildman–Crippen MR) is 75.7 cm³/mol. The Balaban J connectivity index is 1.74. The van der Waals surface area contributed by atoms with Gasteiger partial charge in [0.1, 0.15) is 0 Å². The summed E-state index contributed by atoms with van der Waals surface area (Å²) in [6.07, 6.45) is 3.66. The summed E-state index contributed by atoms with van der Waals surface area (Å²) in [6.45, 7) is 0.800. The summed E-state index contributed by atoms with van der Waals surface area (Å²) in [5, 5.41) is 8.76. The zero-order valence-corrected chi connectivity index (χ0v) is 12.2. The van der Waals surface area contributed by atoms with Gasteiger partial charge in [-0.25, -0.2) is 4.68 Å². The number of halogens is 2. The average molecular weight is 314 g/mol. The van der Waals surface area contributed by atoms with Gasteiger partial charge in [-0.1, -0.05) is 16.8 Å². The van der Waals surface area contributed by atoms with Crippen LogP contribution in [0.2, 0.25) is 5.02 Å². The fourth-order valence-corrected chi connectivity index (χ4v) is 2.50. The first kappa shape index (κ1) is 13.5. The highest BCUT2D eigenvalue weighted by atomic mass is 35.5. The van der Waals surface area contributed by atoms with E-state index in [4.69, 9.17) is 32.7 Å². The number of aryl methyl sites for hydroxylation is 1. The number of alkyl halides is 1. The second-order valence-corrected chi connectivity index (χ2v) is 5.30. The molecule has 5 nitrogen and oxygen atoms in total. The Bertz CT molecular complexity index is 616. The average Bonchev–Trinajstić information content (AvgIpc) is 3.05. The molecule has 1 aliphatic rings. The smallest absolute Gasteiger partial charge is 0.231 e. The van der Waals surface area contributed by atoms with Crippen molar-refractivity contribution in [3.63, 3.8) is 0 Å². The van der Waals surface area contributed by atoms with Gasteiger partial charge in [-0.05, 0) is 30.5 Å². The number of benzene rings is 1. The van der Waals surface area contributed by atoms with Gasteiger partial charge in [0.05, 0.1) is 17.3 Å². The second kappa shape index (κ2) is 5.89. The van der Waals surface area contributed by atoms with E-state index in [9.17, 15) is 0 Å². The lowest BCUT2D eigenvalue weighted by Gasteiger charge is -2.04. The van der Waals surface area contributed by atoms with E-state index in [0.29, 0.717) is 28.9 Å². The van der Waals surface area contributed by atoms with E-state index in [1.54, 1.807) is 4.68 Å². The minimum absolute atomic E-state index is 0.213. The maximum Gasteiger partial charge on any atom is 0.231 e. The van der Waals surface area contributed by atoms with Crippen LogP contribution >= 0.6 is 23.2 Å². The highest BCUT2D eigenvalue weighted by molar-refractivity contribution is 6.32. The van der Waals surface area contributed by atoms with Gasteiger partial charge in [-0.15, -0.1) is 16.7 Å². The van der Waals surface area contributed by atoms with Crippen molar-refractivity contribution in [1.29, 1.82) is 0 Å². The molecule has 0 saturated heterocycles. The van der Waals surface area contributed by atoms with Crippen LogP contribution in [0.5, 0.6) is 11.5 Å². The van der Waals surface area contributed by atoms with E-state index in [1.807, 2.05) is 18.3 Å². The van der Waals surface area contributed by atoms with E-state index in [0.717, 1.165) is 24.1 Å². The van der Waals surface area contributed by atoms with E-state index >= 15 is 0 Å². The van der Waals surface area contributed by atoms with Crippen LogP contribution in [-0.2, 0) is 13.0 Å². The monoisotopic (exact) mass is 313 g/mol. The molecule has 0 atom stereocenters. The Hall–Kier alpha value is -1.46. The third-order valence-electron chi connectivity index (χ3n) is 2.98. The van der Waals surface area contributed by atoms with E-state index in [1.165, 1.54) is 0 Å². The molecule has 1 aromatic carbocycles. The third kappa shape index (κ3) is 2.83. The molecule has 7 heteroatoms. The summed E-state index contributed by atoms with van der Waals surface area (Å²) in [4.78, 5) is 0. The lowest BCUT2D eigenvalue weighted by molar-refractivity contribution is 0.174. The van der Waals surface area contributed by atoms with Crippen molar-refractivity contribution in [1.82, 2.24) is 15.0 Å². The topological polar surface area (TPSA) is 49.2 Å². The van der Waals surface area contributed by atoms with E-state index in [-0.39, 0.29) is 6.79 Å². The molecule has 106 valence electrons. The molecule has 0 saturated carbocycles. The van der Waals surface area contributed by atoms with Crippen molar-refractivity contribution in [2.24, 2.45) is 0 Å². The minimum Gasteiger partial charge on any atom is -0.454 e. The highest BCUT2D eigenvalue weighted by Gasteiger charge is 2.18. The van der Waals surface area contributed by atoms with Crippen LogP contribution in [0.15, 0.2) is 18.3 Å². The molecule has 0 bridgehead atoms. The Morgan fingerprint density at radius 2 is 2.20 bits per heavy atom. The fourth-order valence-electron chi connectivity index (χ4n) is 2.08. The summed E-state index contributed by atoms with van der Waals surface area (Å²) in [6, 6.07) is 3.77. The third-order valence-corrected chi connectivity index (χ3v) is 3.53. The number of aromatic nitrogens is 3. The Morgan fingerprint density at radius 3 is 3.05 bits per heavy atom. The van der Waals surface area contributed by atoms with Crippen LogP contribution < -0.4 is 9.47 Å². The number of hydrogen-bond donors (Lipinski definition) is 0. The molecule has 1 aromatic heterocycles.